The van der Waals surface area contributed by atoms with E-state index >= 15 is 0 Å². The van der Waals surface area contributed by atoms with Crippen molar-refractivity contribution < 1.29 is 31.1 Å². The Kier molecular flexibility index (Phi) is 6.91. The minimum absolute atomic E-state index is 0.259. The molecule has 0 aliphatic carbocycles. The number of benzene rings is 2. The van der Waals surface area contributed by atoms with Crippen LogP contribution in [-0.2, 0) is 21.0 Å². The van der Waals surface area contributed by atoms with Crippen LogP contribution >= 0.6 is 0 Å². The second-order valence-corrected chi connectivity index (χ2v) is 7.90. The van der Waals surface area contributed by atoms with Crippen molar-refractivity contribution >= 4 is 27.3 Å². The van der Waals surface area contributed by atoms with Crippen LogP contribution in [0, 0.1) is 0 Å². The molecule has 2 aromatic rings. The lowest BCUT2D eigenvalue weighted by atomic mass is 10.2. The largest absolute Gasteiger partial charge is 0.489 e. The smallest absolute Gasteiger partial charge is 0.416 e. The van der Waals surface area contributed by atoms with Gasteiger partial charge in [-0.05, 0) is 30.3 Å². The molecule has 1 amide bonds. The summed E-state index contributed by atoms with van der Waals surface area (Å²) in [7, 11) is -4.02. The number of carbonyl (C=O) groups excluding carboxylic acids is 1. The van der Waals surface area contributed by atoms with E-state index in [1.165, 1.54) is 12.1 Å². The number of alkyl halides is 3. The van der Waals surface area contributed by atoms with Crippen molar-refractivity contribution in [3.05, 3.63) is 66.7 Å². The van der Waals surface area contributed by atoms with Gasteiger partial charge in [-0.2, -0.15) is 13.2 Å². The van der Waals surface area contributed by atoms with Crippen LogP contribution in [0.3, 0.4) is 0 Å². The highest BCUT2D eigenvalue weighted by Crippen LogP contribution is 2.32. The van der Waals surface area contributed by atoms with Crippen LogP contribution in [0.4, 0.5) is 24.5 Å². The Morgan fingerprint density at radius 1 is 1.21 bits per heavy atom. The number of nitrogens with one attached hydrogen (secondary N) is 1. The third kappa shape index (κ3) is 6.53. The van der Waals surface area contributed by atoms with Crippen LogP contribution in [0.5, 0.6) is 5.75 Å². The molecule has 0 spiro atoms. The molecular weight excluding hydrogens is 409 g/mol. The molecule has 0 heterocycles. The molecule has 0 saturated carbocycles. The van der Waals surface area contributed by atoms with E-state index < -0.39 is 34.2 Å². The SMILES string of the molecule is C=CCOc1cccc(NC(=O)CN(c2cccc(C(F)(F)F)c2)S(C)(=O)=O)c1. The van der Waals surface area contributed by atoms with Crippen LogP contribution in [-0.4, -0.2) is 33.7 Å². The Balaban J connectivity index is 2.22. The Hall–Kier alpha value is -3.01. The van der Waals surface area contributed by atoms with Gasteiger partial charge in [0.15, 0.2) is 0 Å². The van der Waals surface area contributed by atoms with Crippen molar-refractivity contribution in [2.45, 2.75) is 6.18 Å². The molecule has 29 heavy (non-hydrogen) atoms. The van der Waals surface area contributed by atoms with Crippen LogP contribution in [0.15, 0.2) is 61.2 Å². The first-order valence-corrected chi connectivity index (χ1v) is 10.1. The summed E-state index contributed by atoms with van der Waals surface area (Å²) in [5.41, 5.74) is -0.939. The normalized spacial score (nSPS) is 11.6. The number of hydrogen-bond acceptors (Lipinski definition) is 4. The van der Waals surface area contributed by atoms with Gasteiger partial charge in [-0.1, -0.05) is 24.8 Å². The van der Waals surface area contributed by atoms with Gasteiger partial charge in [0.05, 0.1) is 17.5 Å². The zero-order valence-electron chi connectivity index (χ0n) is 15.4. The van der Waals surface area contributed by atoms with Gasteiger partial charge in [-0.3, -0.25) is 9.10 Å². The Morgan fingerprint density at radius 3 is 2.52 bits per heavy atom. The van der Waals surface area contributed by atoms with E-state index in [1.807, 2.05) is 0 Å². The molecule has 156 valence electrons. The van der Waals surface area contributed by atoms with Gasteiger partial charge < -0.3 is 10.1 Å². The van der Waals surface area contributed by atoms with Crippen molar-refractivity contribution in [2.24, 2.45) is 0 Å². The Labute approximate surface area is 166 Å². The van der Waals surface area contributed by atoms with E-state index in [1.54, 1.807) is 24.3 Å². The number of halogens is 3. The molecule has 2 aromatic carbocycles. The number of sulfonamides is 1. The summed E-state index contributed by atoms with van der Waals surface area (Å²) >= 11 is 0. The van der Waals surface area contributed by atoms with Gasteiger partial charge in [-0.15, -0.1) is 0 Å². The summed E-state index contributed by atoms with van der Waals surface area (Å²) in [6.07, 6.45) is -2.29. The van der Waals surface area contributed by atoms with E-state index in [9.17, 15) is 26.4 Å². The van der Waals surface area contributed by atoms with Crippen LogP contribution in [0.2, 0.25) is 0 Å². The Bertz CT molecular complexity index is 991. The van der Waals surface area contributed by atoms with E-state index in [2.05, 4.69) is 11.9 Å². The highest BCUT2D eigenvalue weighted by molar-refractivity contribution is 7.92. The molecular formula is C19H19F3N2O4S. The first kappa shape index (κ1) is 22.3. The summed E-state index contributed by atoms with van der Waals surface area (Å²) in [6.45, 7) is 3.09. The summed E-state index contributed by atoms with van der Waals surface area (Å²) in [5, 5.41) is 2.50. The predicted octanol–water partition coefficient (Wildman–Crippen LogP) is 3.67. The van der Waals surface area contributed by atoms with Gasteiger partial charge in [0.25, 0.3) is 0 Å². The van der Waals surface area contributed by atoms with Crippen molar-refractivity contribution in [1.29, 1.82) is 0 Å². The number of carbonyl (C=O) groups is 1. The van der Waals surface area contributed by atoms with E-state index in [0.29, 0.717) is 21.8 Å². The summed E-state index contributed by atoms with van der Waals surface area (Å²) in [6, 6.07) is 10.1. The maximum atomic E-state index is 12.9. The lowest BCUT2D eigenvalue weighted by molar-refractivity contribution is -0.137. The minimum atomic E-state index is -4.65. The average Bonchev–Trinajstić information content (AvgIpc) is 2.63. The lowest BCUT2D eigenvalue weighted by Crippen LogP contribution is -2.37. The molecule has 0 aromatic heterocycles. The van der Waals surface area contributed by atoms with Gasteiger partial charge >= 0.3 is 6.18 Å². The molecule has 0 bridgehead atoms. The number of ether oxygens (including phenoxy) is 1. The number of anilines is 2. The quantitative estimate of drug-likeness (QED) is 0.651. The first-order valence-electron chi connectivity index (χ1n) is 8.29. The van der Waals surface area contributed by atoms with Gasteiger partial charge in [0.2, 0.25) is 15.9 Å². The molecule has 0 aliphatic heterocycles. The highest BCUT2D eigenvalue weighted by atomic mass is 32.2. The maximum Gasteiger partial charge on any atom is 0.416 e. The Morgan fingerprint density at radius 2 is 1.90 bits per heavy atom. The third-order valence-electron chi connectivity index (χ3n) is 3.63. The third-order valence-corrected chi connectivity index (χ3v) is 4.78. The van der Waals surface area contributed by atoms with Crippen molar-refractivity contribution in [2.75, 3.05) is 29.0 Å². The van der Waals surface area contributed by atoms with Crippen molar-refractivity contribution in [3.8, 4) is 5.75 Å². The van der Waals surface area contributed by atoms with Gasteiger partial charge in [-0.25, -0.2) is 8.42 Å². The molecule has 0 atom stereocenters. The maximum absolute atomic E-state index is 12.9. The fourth-order valence-corrected chi connectivity index (χ4v) is 3.24. The zero-order chi connectivity index (χ0) is 21.7. The summed E-state index contributed by atoms with van der Waals surface area (Å²) < 4.78 is 68.9. The summed E-state index contributed by atoms with van der Waals surface area (Å²) in [4.78, 5) is 12.4. The van der Waals surface area contributed by atoms with Crippen molar-refractivity contribution in [1.82, 2.24) is 0 Å². The molecule has 0 radical (unpaired) electrons. The molecule has 0 fully saturated rings. The van der Waals surface area contributed by atoms with Crippen LogP contribution < -0.4 is 14.4 Å². The van der Waals surface area contributed by atoms with Crippen LogP contribution in [0.25, 0.3) is 0 Å². The standard InChI is InChI=1S/C19H19F3N2O4S/c1-3-10-28-17-9-5-7-15(12-17)23-18(25)13-24(29(2,26)27)16-8-4-6-14(11-16)19(20,21)22/h3-9,11-12H,1,10,13H2,2H3,(H,23,25). The van der Waals surface area contributed by atoms with Gasteiger partial charge in [0, 0.05) is 11.8 Å². The average molecular weight is 428 g/mol. The lowest BCUT2D eigenvalue weighted by Gasteiger charge is -2.23. The minimum Gasteiger partial charge on any atom is -0.489 e. The predicted molar refractivity (Wildman–Crippen MR) is 104 cm³/mol. The monoisotopic (exact) mass is 428 g/mol. The fraction of sp³-hybridized carbons (Fsp3) is 0.211. The number of nitrogens with zero attached hydrogens (tertiary/aromatic N) is 1. The number of rotatable bonds is 8. The van der Waals surface area contributed by atoms with E-state index in [-0.39, 0.29) is 12.3 Å². The van der Waals surface area contributed by atoms with Crippen molar-refractivity contribution in [3.63, 3.8) is 0 Å². The molecule has 0 unspecified atom stereocenters. The molecule has 6 nitrogen and oxygen atoms in total. The van der Waals surface area contributed by atoms with Crippen LogP contribution in [0.1, 0.15) is 5.56 Å². The molecule has 10 heteroatoms. The number of hydrogen-bond donors (Lipinski definition) is 1. The fourth-order valence-electron chi connectivity index (χ4n) is 2.39. The second kappa shape index (κ2) is 8.99. The van der Waals surface area contributed by atoms with E-state index in [4.69, 9.17) is 4.74 Å². The molecule has 0 saturated heterocycles. The topological polar surface area (TPSA) is 75.7 Å². The van der Waals surface area contributed by atoms with E-state index in [0.717, 1.165) is 18.4 Å². The molecule has 2 rings (SSSR count). The summed E-state index contributed by atoms with van der Waals surface area (Å²) in [5.74, 6) is -0.269. The number of amides is 1. The zero-order valence-corrected chi connectivity index (χ0v) is 16.3. The first-order chi connectivity index (χ1) is 13.5. The molecule has 1 N–H and O–H groups in total. The second-order valence-electron chi connectivity index (χ2n) is 5.99. The van der Waals surface area contributed by atoms with Gasteiger partial charge in [0.1, 0.15) is 18.9 Å². The molecule has 0 aliphatic rings. The highest BCUT2D eigenvalue weighted by Gasteiger charge is 2.32.